The number of nitrogens with zero attached hydrogens (tertiary/aromatic N) is 3. The number of benzene rings is 1. The molecule has 3 rings (SSSR count). The molecule has 0 aliphatic rings. The number of amides is 1. The zero-order chi connectivity index (χ0) is 16.9. The van der Waals surface area contributed by atoms with E-state index >= 15 is 0 Å². The van der Waals surface area contributed by atoms with Gasteiger partial charge in [-0.1, -0.05) is 6.07 Å². The van der Waals surface area contributed by atoms with Gasteiger partial charge in [0.05, 0.1) is 5.56 Å². The third-order valence-corrected chi connectivity index (χ3v) is 3.61. The molecule has 3 aromatic rings. The highest BCUT2D eigenvalue weighted by Gasteiger charge is 2.07. The van der Waals surface area contributed by atoms with Gasteiger partial charge in [-0.3, -0.25) is 9.78 Å². The SMILES string of the molecule is Cc1ccc(Nc2ccc(NC(=O)c3cccnc3)nn2)cc1C. The standard InChI is InChI=1S/C18H17N5O/c1-12-5-6-15(10-13(12)2)20-16-7-8-17(23-22-16)21-18(24)14-4-3-9-19-11-14/h3-11H,1-2H3,(H,20,22)(H,21,23,24). The molecule has 0 aliphatic carbocycles. The van der Waals surface area contributed by atoms with Gasteiger partial charge in [0.15, 0.2) is 11.6 Å². The molecule has 0 radical (unpaired) electrons. The van der Waals surface area contributed by atoms with Crippen LogP contribution in [0.15, 0.2) is 54.9 Å². The van der Waals surface area contributed by atoms with Gasteiger partial charge < -0.3 is 10.6 Å². The van der Waals surface area contributed by atoms with Crippen LogP contribution in [-0.2, 0) is 0 Å². The smallest absolute Gasteiger partial charge is 0.258 e. The molecule has 120 valence electrons. The molecular formula is C18H17N5O. The zero-order valence-corrected chi connectivity index (χ0v) is 13.4. The number of nitrogens with one attached hydrogen (secondary N) is 2. The zero-order valence-electron chi connectivity index (χ0n) is 13.4. The molecule has 1 amide bonds. The fraction of sp³-hybridized carbons (Fsp3) is 0.111. The maximum atomic E-state index is 12.0. The molecule has 24 heavy (non-hydrogen) atoms. The highest BCUT2D eigenvalue weighted by Crippen LogP contribution is 2.18. The molecule has 0 spiro atoms. The second kappa shape index (κ2) is 6.87. The molecule has 0 saturated carbocycles. The van der Waals surface area contributed by atoms with Gasteiger partial charge in [-0.25, -0.2) is 0 Å². The van der Waals surface area contributed by atoms with Crippen LogP contribution in [0.4, 0.5) is 17.3 Å². The first-order chi connectivity index (χ1) is 11.6. The molecule has 0 fully saturated rings. The Hall–Kier alpha value is -3.28. The lowest BCUT2D eigenvalue weighted by Gasteiger charge is -2.08. The monoisotopic (exact) mass is 319 g/mol. The summed E-state index contributed by atoms with van der Waals surface area (Å²) in [4.78, 5) is 15.9. The van der Waals surface area contributed by atoms with Gasteiger partial charge in [-0.15, -0.1) is 10.2 Å². The number of anilines is 3. The van der Waals surface area contributed by atoms with Gasteiger partial charge in [-0.2, -0.15) is 0 Å². The van der Waals surface area contributed by atoms with Crippen molar-refractivity contribution in [3.63, 3.8) is 0 Å². The van der Waals surface area contributed by atoms with E-state index in [4.69, 9.17) is 0 Å². The van der Waals surface area contributed by atoms with Crippen molar-refractivity contribution in [2.24, 2.45) is 0 Å². The number of aryl methyl sites for hydroxylation is 2. The van der Waals surface area contributed by atoms with Crippen molar-refractivity contribution in [3.05, 3.63) is 71.5 Å². The summed E-state index contributed by atoms with van der Waals surface area (Å²) in [5.41, 5.74) is 3.85. The van der Waals surface area contributed by atoms with E-state index in [1.807, 2.05) is 12.1 Å². The van der Waals surface area contributed by atoms with E-state index in [-0.39, 0.29) is 5.91 Å². The van der Waals surface area contributed by atoms with Crippen molar-refractivity contribution in [2.75, 3.05) is 10.6 Å². The Bertz CT molecular complexity index is 847. The summed E-state index contributed by atoms with van der Waals surface area (Å²) in [6.07, 6.45) is 3.11. The van der Waals surface area contributed by atoms with Crippen LogP contribution in [0.2, 0.25) is 0 Å². The van der Waals surface area contributed by atoms with Gasteiger partial charge in [0.1, 0.15) is 0 Å². The van der Waals surface area contributed by atoms with E-state index in [9.17, 15) is 4.79 Å². The molecule has 0 unspecified atom stereocenters. The highest BCUT2D eigenvalue weighted by atomic mass is 16.1. The van der Waals surface area contributed by atoms with E-state index < -0.39 is 0 Å². The van der Waals surface area contributed by atoms with Crippen molar-refractivity contribution in [2.45, 2.75) is 13.8 Å². The van der Waals surface area contributed by atoms with Gasteiger partial charge >= 0.3 is 0 Å². The first-order valence-corrected chi connectivity index (χ1v) is 7.51. The number of hydrogen-bond acceptors (Lipinski definition) is 5. The maximum Gasteiger partial charge on any atom is 0.258 e. The Balaban J connectivity index is 1.67. The lowest BCUT2D eigenvalue weighted by atomic mass is 10.1. The second-order valence-electron chi connectivity index (χ2n) is 5.42. The van der Waals surface area contributed by atoms with Gasteiger partial charge in [0.2, 0.25) is 0 Å². The van der Waals surface area contributed by atoms with Crippen LogP contribution < -0.4 is 10.6 Å². The largest absolute Gasteiger partial charge is 0.339 e. The van der Waals surface area contributed by atoms with Crippen LogP contribution >= 0.6 is 0 Å². The molecule has 6 heteroatoms. The minimum atomic E-state index is -0.271. The third kappa shape index (κ3) is 3.73. The summed E-state index contributed by atoms with van der Waals surface area (Å²) in [5, 5.41) is 14.0. The third-order valence-electron chi connectivity index (χ3n) is 3.61. The summed E-state index contributed by atoms with van der Waals surface area (Å²) in [6.45, 7) is 4.13. The Labute approximate surface area is 140 Å². The Morgan fingerprint density at radius 2 is 1.75 bits per heavy atom. The normalized spacial score (nSPS) is 10.2. The summed E-state index contributed by atoms with van der Waals surface area (Å²) in [6, 6.07) is 12.9. The number of aromatic nitrogens is 3. The number of hydrogen-bond donors (Lipinski definition) is 2. The van der Waals surface area contributed by atoms with Crippen molar-refractivity contribution in [1.82, 2.24) is 15.2 Å². The van der Waals surface area contributed by atoms with Crippen LogP contribution in [-0.4, -0.2) is 21.1 Å². The van der Waals surface area contributed by atoms with Gasteiger partial charge in [0, 0.05) is 18.1 Å². The quantitative estimate of drug-likeness (QED) is 0.769. The summed E-state index contributed by atoms with van der Waals surface area (Å²) in [5.74, 6) is 0.722. The van der Waals surface area contributed by atoms with Gasteiger partial charge in [-0.05, 0) is 61.4 Å². The Kier molecular flexibility index (Phi) is 4.47. The Morgan fingerprint density at radius 1 is 0.958 bits per heavy atom. The number of carbonyl (C=O) groups is 1. The van der Waals surface area contributed by atoms with E-state index in [0.717, 1.165) is 5.69 Å². The first-order valence-electron chi connectivity index (χ1n) is 7.51. The van der Waals surface area contributed by atoms with E-state index in [2.05, 4.69) is 45.7 Å². The maximum absolute atomic E-state index is 12.0. The van der Waals surface area contributed by atoms with Crippen LogP contribution in [0.25, 0.3) is 0 Å². The van der Waals surface area contributed by atoms with Crippen LogP contribution in [0.1, 0.15) is 21.5 Å². The molecule has 0 bridgehead atoms. The average molecular weight is 319 g/mol. The molecule has 0 saturated heterocycles. The topological polar surface area (TPSA) is 79.8 Å². The fourth-order valence-electron chi connectivity index (χ4n) is 2.12. The molecule has 2 N–H and O–H groups in total. The molecule has 2 aromatic heterocycles. The molecule has 0 atom stereocenters. The van der Waals surface area contributed by atoms with Crippen LogP contribution in [0.3, 0.4) is 0 Å². The molecule has 0 aliphatic heterocycles. The summed E-state index contributed by atoms with van der Waals surface area (Å²) in [7, 11) is 0. The van der Waals surface area contributed by atoms with E-state index in [1.165, 1.54) is 17.3 Å². The van der Waals surface area contributed by atoms with Crippen molar-refractivity contribution in [1.29, 1.82) is 0 Å². The highest BCUT2D eigenvalue weighted by molar-refractivity contribution is 6.03. The lowest BCUT2D eigenvalue weighted by molar-refractivity contribution is 0.102. The first kappa shape index (κ1) is 15.6. The van der Waals surface area contributed by atoms with E-state index in [1.54, 1.807) is 30.5 Å². The minimum Gasteiger partial charge on any atom is -0.339 e. The van der Waals surface area contributed by atoms with Crippen molar-refractivity contribution in [3.8, 4) is 0 Å². The average Bonchev–Trinajstić information content (AvgIpc) is 2.61. The summed E-state index contributed by atoms with van der Waals surface area (Å²) < 4.78 is 0. The number of rotatable bonds is 4. The van der Waals surface area contributed by atoms with Gasteiger partial charge in [0.25, 0.3) is 5.91 Å². The molecule has 1 aromatic carbocycles. The number of pyridine rings is 1. The Morgan fingerprint density at radius 3 is 2.42 bits per heavy atom. The second-order valence-corrected chi connectivity index (χ2v) is 5.42. The van der Waals surface area contributed by atoms with Crippen LogP contribution in [0, 0.1) is 13.8 Å². The predicted molar refractivity (Wildman–Crippen MR) is 93.4 cm³/mol. The molecule has 2 heterocycles. The van der Waals surface area contributed by atoms with E-state index in [0.29, 0.717) is 17.2 Å². The summed E-state index contributed by atoms with van der Waals surface area (Å²) >= 11 is 0. The van der Waals surface area contributed by atoms with Crippen molar-refractivity contribution >= 4 is 23.2 Å². The minimum absolute atomic E-state index is 0.271. The molecular weight excluding hydrogens is 302 g/mol. The van der Waals surface area contributed by atoms with Crippen LogP contribution in [0.5, 0.6) is 0 Å². The van der Waals surface area contributed by atoms with Crippen molar-refractivity contribution < 1.29 is 4.79 Å². The fourth-order valence-corrected chi connectivity index (χ4v) is 2.12. The predicted octanol–water partition coefficient (Wildman–Crippen LogP) is 3.48. The number of carbonyl (C=O) groups excluding carboxylic acids is 1. The lowest BCUT2D eigenvalue weighted by Crippen LogP contribution is -2.13. The molecule has 6 nitrogen and oxygen atoms in total.